The summed E-state index contributed by atoms with van der Waals surface area (Å²) in [7, 11) is 3.74. The van der Waals surface area contributed by atoms with Gasteiger partial charge in [-0.05, 0) is 38.8 Å². The third-order valence-electron chi connectivity index (χ3n) is 3.09. The van der Waals surface area contributed by atoms with Crippen molar-refractivity contribution >= 4 is 5.69 Å². The molecule has 0 saturated heterocycles. The molecule has 0 bridgehead atoms. The van der Waals surface area contributed by atoms with Crippen LogP contribution in [0.2, 0.25) is 0 Å². The van der Waals surface area contributed by atoms with Crippen LogP contribution in [0.4, 0.5) is 5.69 Å². The number of anilines is 1. The van der Waals surface area contributed by atoms with Gasteiger partial charge in [-0.1, -0.05) is 6.07 Å². The molecule has 0 aliphatic heterocycles. The van der Waals surface area contributed by atoms with Gasteiger partial charge in [0.15, 0.2) is 0 Å². The second-order valence-electron chi connectivity index (χ2n) is 5.22. The van der Waals surface area contributed by atoms with E-state index in [0.717, 1.165) is 30.8 Å². The van der Waals surface area contributed by atoms with E-state index >= 15 is 0 Å². The van der Waals surface area contributed by atoms with Crippen LogP contribution in [0, 0.1) is 16.7 Å². The fourth-order valence-corrected chi connectivity index (χ4v) is 1.79. The Bertz CT molecular complexity index is 421. The molecule has 0 fully saturated rings. The highest BCUT2D eigenvalue weighted by atomic mass is 16.5. The zero-order valence-electron chi connectivity index (χ0n) is 11.7. The molecule has 0 unspecified atom stereocenters. The van der Waals surface area contributed by atoms with Gasteiger partial charge in [0, 0.05) is 25.3 Å². The molecule has 18 heavy (non-hydrogen) atoms. The van der Waals surface area contributed by atoms with E-state index < -0.39 is 0 Å². The topological polar surface area (TPSA) is 36.3 Å². The van der Waals surface area contributed by atoms with Crippen molar-refractivity contribution in [1.29, 1.82) is 5.26 Å². The van der Waals surface area contributed by atoms with Crippen LogP contribution in [0.3, 0.4) is 0 Å². The fraction of sp³-hybridized carbons (Fsp3) is 0.533. The first-order valence-electron chi connectivity index (χ1n) is 6.25. The summed E-state index contributed by atoms with van der Waals surface area (Å²) in [5, 5.41) is 8.96. The maximum absolute atomic E-state index is 8.96. The van der Waals surface area contributed by atoms with E-state index in [0.29, 0.717) is 0 Å². The standard InChI is InChI=1S/C15H22N2O/c1-15(2,12-16)9-6-10-17(3)13-7-5-8-14(11-13)18-4/h5,7-8,11H,6,9-10H2,1-4H3. The van der Waals surface area contributed by atoms with E-state index in [1.54, 1.807) is 7.11 Å². The van der Waals surface area contributed by atoms with Gasteiger partial charge in [-0.2, -0.15) is 5.26 Å². The molecule has 0 saturated carbocycles. The molecule has 0 atom stereocenters. The Morgan fingerprint density at radius 1 is 1.39 bits per heavy atom. The molecule has 0 heterocycles. The summed E-state index contributed by atoms with van der Waals surface area (Å²) in [6, 6.07) is 10.4. The lowest BCUT2D eigenvalue weighted by Crippen LogP contribution is -2.20. The average Bonchev–Trinajstić information content (AvgIpc) is 2.38. The molecule has 0 spiro atoms. The van der Waals surface area contributed by atoms with Crippen LogP contribution in [0.25, 0.3) is 0 Å². The van der Waals surface area contributed by atoms with Crippen molar-refractivity contribution in [3.05, 3.63) is 24.3 Å². The predicted molar refractivity (Wildman–Crippen MR) is 74.9 cm³/mol. The lowest BCUT2D eigenvalue weighted by molar-refractivity contribution is 0.414. The first kappa shape index (κ1) is 14.4. The smallest absolute Gasteiger partial charge is 0.120 e. The van der Waals surface area contributed by atoms with Gasteiger partial charge in [-0.25, -0.2) is 0 Å². The van der Waals surface area contributed by atoms with Crippen molar-refractivity contribution in [2.24, 2.45) is 5.41 Å². The monoisotopic (exact) mass is 246 g/mol. The van der Waals surface area contributed by atoms with Gasteiger partial charge < -0.3 is 9.64 Å². The number of rotatable bonds is 6. The number of benzene rings is 1. The van der Waals surface area contributed by atoms with Crippen molar-refractivity contribution < 1.29 is 4.74 Å². The number of ether oxygens (including phenoxy) is 1. The second kappa shape index (κ2) is 6.30. The van der Waals surface area contributed by atoms with E-state index in [9.17, 15) is 0 Å². The Morgan fingerprint density at radius 2 is 2.11 bits per heavy atom. The SMILES string of the molecule is COc1cccc(N(C)CCCC(C)(C)C#N)c1. The Labute approximate surface area is 110 Å². The maximum Gasteiger partial charge on any atom is 0.120 e. The molecule has 1 aromatic carbocycles. The highest BCUT2D eigenvalue weighted by Gasteiger charge is 2.16. The Kier molecular flexibility index (Phi) is 5.03. The van der Waals surface area contributed by atoms with Gasteiger partial charge in [0.2, 0.25) is 0 Å². The van der Waals surface area contributed by atoms with Crippen molar-refractivity contribution in [1.82, 2.24) is 0 Å². The van der Waals surface area contributed by atoms with E-state index in [-0.39, 0.29) is 5.41 Å². The van der Waals surface area contributed by atoms with Crippen molar-refractivity contribution in [2.45, 2.75) is 26.7 Å². The molecule has 0 radical (unpaired) electrons. The first-order chi connectivity index (χ1) is 8.48. The van der Waals surface area contributed by atoms with Gasteiger partial charge in [0.1, 0.15) is 5.75 Å². The Morgan fingerprint density at radius 3 is 2.72 bits per heavy atom. The molecule has 98 valence electrons. The molecule has 3 heteroatoms. The summed E-state index contributed by atoms with van der Waals surface area (Å²) in [5.41, 5.74) is 0.916. The van der Waals surface area contributed by atoms with E-state index in [1.807, 2.05) is 32.0 Å². The summed E-state index contributed by atoms with van der Waals surface area (Å²) < 4.78 is 5.21. The molecular weight excluding hydrogens is 224 g/mol. The molecule has 0 aliphatic rings. The predicted octanol–water partition coefficient (Wildman–Crippen LogP) is 3.46. The van der Waals surface area contributed by atoms with Gasteiger partial charge in [0.25, 0.3) is 0 Å². The van der Waals surface area contributed by atoms with E-state index in [2.05, 4.69) is 24.1 Å². The second-order valence-corrected chi connectivity index (χ2v) is 5.22. The van der Waals surface area contributed by atoms with Gasteiger partial charge in [-0.3, -0.25) is 0 Å². The van der Waals surface area contributed by atoms with Crippen molar-refractivity contribution in [2.75, 3.05) is 25.6 Å². The van der Waals surface area contributed by atoms with Crippen LogP contribution in [-0.4, -0.2) is 20.7 Å². The quantitative estimate of drug-likeness (QED) is 0.771. The zero-order valence-corrected chi connectivity index (χ0v) is 11.7. The van der Waals surface area contributed by atoms with Crippen molar-refractivity contribution in [3.63, 3.8) is 0 Å². The molecule has 1 aromatic rings. The minimum Gasteiger partial charge on any atom is -0.497 e. The lowest BCUT2D eigenvalue weighted by atomic mass is 9.90. The lowest BCUT2D eigenvalue weighted by Gasteiger charge is -2.22. The molecule has 0 N–H and O–H groups in total. The number of nitriles is 1. The van der Waals surface area contributed by atoms with Gasteiger partial charge >= 0.3 is 0 Å². The molecule has 1 rings (SSSR count). The first-order valence-corrected chi connectivity index (χ1v) is 6.25. The third kappa shape index (κ3) is 4.29. The van der Waals surface area contributed by atoms with Crippen molar-refractivity contribution in [3.8, 4) is 11.8 Å². The van der Waals surface area contributed by atoms with Gasteiger partial charge in [-0.15, -0.1) is 0 Å². The Balaban J connectivity index is 2.50. The maximum atomic E-state index is 8.96. The van der Waals surface area contributed by atoms with Crippen LogP contribution < -0.4 is 9.64 Å². The van der Waals surface area contributed by atoms with Crippen LogP contribution in [-0.2, 0) is 0 Å². The molecule has 0 amide bonds. The van der Waals surface area contributed by atoms with E-state index in [4.69, 9.17) is 10.00 Å². The summed E-state index contributed by atoms with van der Waals surface area (Å²) in [5.74, 6) is 0.872. The van der Waals surface area contributed by atoms with Crippen LogP contribution in [0.1, 0.15) is 26.7 Å². The highest BCUT2D eigenvalue weighted by Crippen LogP contribution is 2.23. The highest BCUT2D eigenvalue weighted by molar-refractivity contribution is 5.49. The van der Waals surface area contributed by atoms with Crippen LogP contribution in [0.5, 0.6) is 5.75 Å². The number of methoxy groups -OCH3 is 1. The number of hydrogen-bond acceptors (Lipinski definition) is 3. The Hall–Kier alpha value is -1.69. The fourth-order valence-electron chi connectivity index (χ4n) is 1.79. The molecule has 0 aromatic heterocycles. The average molecular weight is 246 g/mol. The number of hydrogen-bond donors (Lipinski definition) is 0. The third-order valence-corrected chi connectivity index (χ3v) is 3.09. The summed E-state index contributed by atoms with van der Waals surface area (Å²) in [6.07, 6.45) is 1.92. The zero-order chi connectivity index (χ0) is 13.6. The van der Waals surface area contributed by atoms with Crippen LogP contribution in [0.15, 0.2) is 24.3 Å². The molecule has 3 nitrogen and oxygen atoms in total. The molecular formula is C15H22N2O. The van der Waals surface area contributed by atoms with Gasteiger partial charge in [0.05, 0.1) is 18.6 Å². The normalized spacial score (nSPS) is 10.8. The summed E-state index contributed by atoms with van der Waals surface area (Å²) in [6.45, 7) is 4.91. The summed E-state index contributed by atoms with van der Waals surface area (Å²) >= 11 is 0. The minimum atomic E-state index is -0.227. The molecule has 0 aliphatic carbocycles. The van der Waals surface area contributed by atoms with E-state index in [1.165, 1.54) is 0 Å². The largest absolute Gasteiger partial charge is 0.497 e. The van der Waals surface area contributed by atoms with Crippen LogP contribution >= 0.6 is 0 Å². The number of nitrogens with zero attached hydrogens (tertiary/aromatic N) is 2. The minimum absolute atomic E-state index is 0.227. The summed E-state index contributed by atoms with van der Waals surface area (Å²) in [4.78, 5) is 2.19.